The van der Waals surface area contributed by atoms with E-state index < -0.39 is 0 Å². The highest BCUT2D eigenvalue weighted by Gasteiger charge is 2.03. The van der Waals surface area contributed by atoms with Crippen LogP contribution in [0.15, 0.2) is 54.6 Å². The first-order valence-electron chi connectivity index (χ1n) is 6.54. The van der Waals surface area contributed by atoms with Crippen LogP contribution in [0, 0.1) is 0 Å². The van der Waals surface area contributed by atoms with E-state index in [0.29, 0.717) is 0 Å². The normalized spacial score (nSPS) is 10.2. The number of anilines is 1. The zero-order chi connectivity index (χ0) is 14.4. The lowest BCUT2D eigenvalue weighted by atomic mass is 10.3. The van der Waals surface area contributed by atoms with Crippen LogP contribution in [0.25, 0.3) is 0 Å². The Labute approximate surface area is 118 Å². The third kappa shape index (κ3) is 4.31. The average molecular weight is 270 g/mol. The van der Waals surface area contributed by atoms with E-state index in [4.69, 9.17) is 4.74 Å². The van der Waals surface area contributed by atoms with Gasteiger partial charge in [-0.2, -0.15) is 0 Å². The van der Waals surface area contributed by atoms with Crippen LogP contribution in [0.1, 0.15) is 13.8 Å². The fraction of sp³-hybridized carbons (Fsp3) is 0.188. The van der Waals surface area contributed by atoms with Crippen molar-refractivity contribution in [2.24, 2.45) is 0 Å². The highest BCUT2D eigenvalue weighted by molar-refractivity contribution is 5.89. The van der Waals surface area contributed by atoms with Crippen molar-refractivity contribution in [1.29, 1.82) is 0 Å². The van der Waals surface area contributed by atoms with E-state index in [1.165, 1.54) is 0 Å². The second-order valence-corrected chi connectivity index (χ2v) is 4.69. The Morgan fingerprint density at radius 2 is 1.55 bits per heavy atom. The van der Waals surface area contributed by atoms with Gasteiger partial charge in [-0.1, -0.05) is 18.2 Å². The van der Waals surface area contributed by atoms with Crippen LogP contribution < -0.4 is 15.4 Å². The summed E-state index contributed by atoms with van der Waals surface area (Å²) < 4.78 is 5.67. The van der Waals surface area contributed by atoms with Gasteiger partial charge in [0.15, 0.2) is 0 Å². The number of amides is 2. The number of rotatable bonds is 4. The quantitative estimate of drug-likeness (QED) is 0.882. The molecular formula is C16H18N2O2. The second-order valence-electron chi connectivity index (χ2n) is 4.69. The van der Waals surface area contributed by atoms with Gasteiger partial charge in [0.1, 0.15) is 11.5 Å². The largest absolute Gasteiger partial charge is 0.457 e. The van der Waals surface area contributed by atoms with E-state index in [-0.39, 0.29) is 12.1 Å². The second kappa shape index (κ2) is 6.61. The Morgan fingerprint density at radius 3 is 2.15 bits per heavy atom. The van der Waals surface area contributed by atoms with Gasteiger partial charge in [-0.05, 0) is 50.2 Å². The topological polar surface area (TPSA) is 50.4 Å². The van der Waals surface area contributed by atoms with Crippen molar-refractivity contribution in [3.63, 3.8) is 0 Å². The predicted octanol–water partition coefficient (Wildman–Crippen LogP) is 4.01. The van der Waals surface area contributed by atoms with E-state index >= 15 is 0 Å². The van der Waals surface area contributed by atoms with Crippen LogP contribution in [0.2, 0.25) is 0 Å². The monoisotopic (exact) mass is 270 g/mol. The van der Waals surface area contributed by atoms with Gasteiger partial charge >= 0.3 is 6.03 Å². The van der Waals surface area contributed by atoms with Gasteiger partial charge in [0.25, 0.3) is 0 Å². The molecule has 0 aliphatic heterocycles. The van der Waals surface area contributed by atoms with Crippen LogP contribution in [0.4, 0.5) is 10.5 Å². The summed E-state index contributed by atoms with van der Waals surface area (Å²) in [5.74, 6) is 1.51. The summed E-state index contributed by atoms with van der Waals surface area (Å²) in [6, 6.07) is 16.7. The molecular weight excluding hydrogens is 252 g/mol. The van der Waals surface area contributed by atoms with Gasteiger partial charge in [0.2, 0.25) is 0 Å². The molecule has 104 valence electrons. The molecule has 0 fully saturated rings. The van der Waals surface area contributed by atoms with Gasteiger partial charge in [-0.25, -0.2) is 4.79 Å². The van der Waals surface area contributed by atoms with Gasteiger partial charge < -0.3 is 15.4 Å². The molecule has 2 rings (SSSR count). The molecule has 2 N–H and O–H groups in total. The predicted molar refractivity (Wildman–Crippen MR) is 80.2 cm³/mol. The number of para-hydroxylation sites is 1. The summed E-state index contributed by atoms with van der Waals surface area (Å²) >= 11 is 0. The molecule has 0 aliphatic rings. The summed E-state index contributed by atoms with van der Waals surface area (Å²) in [7, 11) is 0. The first kappa shape index (κ1) is 13.9. The Morgan fingerprint density at radius 1 is 0.950 bits per heavy atom. The lowest BCUT2D eigenvalue weighted by molar-refractivity contribution is 0.250. The van der Waals surface area contributed by atoms with Gasteiger partial charge in [0.05, 0.1) is 0 Å². The number of carbonyl (C=O) groups excluding carboxylic acids is 1. The molecule has 2 aromatic rings. The minimum Gasteiger partial charge on any atom is -0.457 e. The molecule has 0 radical (unpaired) electrons. The Balaban J connectivity index is 1.94. The van der Waals surface area contributed by atoms with Crippen LogP contribution in [-0.4, -0.2) is 12.1 Å². The zero-order valence-electron chi connectivity index (χ0n) is 11.6. The summed E-state index contributed by atoms with van der Waals surface area (Å²) in [6.45, 7) is 3.83. The summed E-state index contributed by atoms with van der Waals surface area (Å²) in [5, 5.41) is 5.52. The van der Waals surface area contributed by atoms with E-state index in [1.54, 1.807) is 12.1 Å². The molecule has 2 aromatic carbocycles. The van der Waals surface area contributed by atoms with Crippen molar-refractivity contribution in [2.75, 3.05) is 5.32 Å². The maximum absolute atomic E-state index is 11.5. The summed E-state index contributed by atoms with van der Waals surface area (Å²) in [6.07, 6.45) is 0. The molecule has 0 aliphatic carbocycles. The minimum atomic E-state index is -0.211. The van der Waals surface area contributed by atoms with E-state index in [0.717, 1.165) is 17.2 Å². The highest BCUT2D eigenvalue weighted by atomic mass is 16.5. The molecule has 4 nitrogen and oxygen atoms in total. The van der Waals surface area contributed by atoms with Crippen LogP contribution in [0.3, 0.4) is 0 Å². The Bertz CT molecular complexity index is 550. The SMILES string of the molecule is CC(C)NC(=O)Nc1ccc(Oc2ccccc2)cc1. The smallest absolute Gasteiger partial charge is 0.319 e. The molecule has 0 spiro atoms. The van der Waals surface area contributed by atoms with E-state index in [1.807, 2.05) is 56.3 Å². The molecule has 0 saturated carbocycles. The Hall–Kier alpha value is -2.49. The van der Waals surface area contributed by atoms with Crippen LogP contribution >= 0.6 is 0 Å². The van der Waals surface area contributed by atoms with Gasteiger partial charge in [0, 0.05) is 11.7 Å². The Kier molecular flexibility index (Phi) is 4.60. The highest BCUT2D eigenvalue weighted by Crippen LogP contribution is 2.22. The van der Waals surface area contributed by atoms with Gasteiger partial charge in [-0.15, -0.1) is 0 Å². The standard InChI is InChI=1S/C16H18N2O2/c1-12(2)17-16(19)18-13-8-10-15(11-9-13)20-14-6-4-3-5-7-14/h3-12H,1-2H3,(H2,17,18,19). The molecule has 0 saturated heterocycles. The fourth-order valence-corrected chi connectivity index (χ4v) is 1.66. The molecule has 0 aromatic heterocycles. The number of urea groups is 1. The first-order chi connectivity index (χ1) is 9.63. The molecule has 0 unspecified atom stereocenters. The number of carbonyl (C=O) groups is 1. The van der Waals surface area contributed by atoms with Crippen molar-refractivity contribution >= 4 is 11.7 Å². The molecule has 0 bridgehead atoms. The van der Waals surface area contributed by atoms with Crippen molar-refractivity contribution in [3.8, 4) is 11.5 Å². The lowest BCUT2D eigenvalue weighted by Gasteiger charge is -2.11. The molecule has 4 heteroatoms. The maximum Gasteiger partial charge on any atom is 0.319 e. The maximum atomic E-state index is 11.5. The van der Waals surface area contributed by atoms with E-state index in [2.05, 4.69) is 10.6 Å². The number of nitrogens with one attached hydrogen (secondary N) is 2. The van der Waals surface area contributed by atoms with Gasteiger partial charge in [-0.3, -0.25) is 0 Å². The van der Waals surface area contributed by atoms with Crippen molar-refractivity contribution in [2.45, 2.75) is 19.9 Å². The first-order valence-corrected chi connectivity index (χ1v) is 6.54. The van der Waals surface area contributed by atoms with Crippen LogP contribution in [0.5, 0.6) is 11.5 Å². The van der Waals surface area contributed by atoms with Crippen molar-refractivity contribution < 1.29 is 9.53 Å². The summed E-state index contributed by atoms with van der Waals surface area (Å²) in [5.41, 5.74) is 0.726. The number of hydrogen-bond acceptors (Lipinski definition) is 2. The zero-order valence-corrected chi connectivity index (χ0v) is 11.6. The third-order valence-corrected chi connectivity index (χ3v) is 2.51. The third-order valence-electron chi connectivity index (χ3n) is 2.51. The molecule has 20 heavy (non-hydrogen) atoms. The molecule has 0 atom stereocenters. The van der Waals surface area contributed by atoms with Crippen molar-refractivity contribution in [1.82, 2.24) is 5.32 Å². The molecule has 0 heterocycles. The summed E-state index contributed by atoms with van der Waals surface area (Å²) in [4.78, 5) is 11.5. The van der Waals surface area contributed by atoms with Crippen LogP contribution in [-0.2, 0) is 0 Å². The average Bonchev–Trinajstić information content (AvgIpc) is 2.41. The minimum absolute atomic E-state index is 0.107. The van der Waals surface area contributed by atoms with Crippen molar-refractivity contribution in [3.05, 3.63) is 54.6 Å². The number of ether oxygens (including phenoxy) is 1. The number of hydrogen-bond donors (Lipinski definition) is 2. The number of benzene rings is 2. The lowest BCUT2D eigenvalue weighted by Crippen LogP contribution is -2.34. The fourth-order valence-electron chi connectivity index (χ4n) is 1.66. The van der Waals surface area contributed by atoms with E-state index in [9.17, 15) is 4.79 Å². The molecule has 2 amide bonds.